The number of aliphatic hydroxyl groups is 8. The van der Waals surface area contributed by atoms with E-state index in [0.717, 1.165) is 103 Å². The Bertz CT molecular complexity index is 1730. The molecule has 0 spiro atoms. The number of aliphatic hydroxyl groups excluding tert-OH is 8. The molecule has 14 heteroatoms. The van der Waals surface area contributed by atoms with Crippen molar-refractivity contribution < 1.29 is 64.6 Å². The Morgan fingerprint density at radius 1 is 0.457 bits per heavy atom. The normalized spacial score (nSPS) is 24.8. The van der Waals surface area contributed by atoms with Crippen LogP contribution in [-0.2, 0) is 23.7 Å². The minimum atomic E-state index is -1.79. The summed E-state index contributed by atoms with van der Waals surface area (Å²) in [5, 5.41) is 87.2. The van der Waals surface area contributed by atoms with E-state index in [9.17, 15) is 45.6 Å². The molecule has 14 nitrogen and oxygen atoms in total. The molecule has 0 aromatic heterocycles. The summed E-state index contributed by atoms with van der Waals surface area (Å²) in [6, 6.07) is -0.836. The van der Waals surface area contributed by atoms with Gasteiger partial charge in [-0.3, -0.25) is 4.79 Å². The lowest BCUT2D eigenvalue weighted by Crippen LogP contribution is -2.65. The van der Waals surface area contributed by atoms with Crippen LogP contribution in [0.3, 0.4) is 0 Å². The zero-order valence-electron chi connectivity index (χ0n) is 50.2. The lowest BCUT2D eigenvalue weighted by molar-refractivity contribution is -0.359. The average molecular weight is 1140 g/mol. The second kappa shape index (κ2) is 51.3. The van der Waals surface area contributed by atoms with Gasteiger partial charge in [-0.05, 0) is 77.0 Å². The molecular formula is C67H115NO13. The van der Waals surface area contributed by atoms with Crippen molar-refractivity contribution in [1.29, 1.82) is 0 Å². The predicted molar refractivity (Wildman–Crippen MR) is 327 cm³/mol. The molecule has 0 saturated carbocycles. The van der Waals surface area contributed by atoms with Crippen molar-refractivity contribution in [2.45, 2.75) is 299 Å². The zero-order valence-corrected chi connectivity index (χ0v) is 50.2. The zero-order chi connectivity index (χ0) is 58.8. The Hall–Kier alpha value is -3.09. The van der Waals surface area contributed by atoms with Gasteiger partial charge in [0.15, 0.2) is 12.6 Å². The number of ether oxygens (including phenoxy) is 4. The highest BCUT2D eigenvalue weighted by atomic mass is 16.7. The van der Waals surface area contributed by atoms with Crippen LogP contribution in [0.15, 0.2) is 97.2 Å². The molecule has 2 aliphatic rings. The quantitative estimate of drug-likeness (QED) is 0.0204. The highest BCUT2D eigenvalue weighted by Crippen LogP contribution is 2.30. The third-order valence-corrected chi connectivity index (χ3v) is 15.1. The number of carbonyl (C=O) groups is 1. The summed E-state index contributed by atoms with van der Waals surface area (Å²) in [7, 11) is 0. The molecule has 0 aromatic carbocycles. The number of rotatable bonds is 50. The summed E-state index contributed by atoms with van der Waals surface area (Å²) < 4.78 is 22.8. The Labute approximate surface area is 490 Å². The van der Waals surface area contributed by atoms with E-state index in [4.69, 9.17) is 18.9 Å². The van der Waals surface area contributed by atoms with E-state index < -0.39 is 86.8 Å². The van der Waals surface area contributed by atoms with Gasteiger partial charge in [-0.25, -0.2) is 0 Å². The second-order valence-electron chi connectivity index (χ2n) is 22.2. The topological polar surface area (TPSA) is 228 Å². The van der Waals surface area contributed by atoms with Crippen molar-refractivity contribution in [3.05, 3.63) is 97.2 Å². The number of unbranched alkanes of at least 4 members (excludes halogenated alkanes) is 21. The highest BCUT2D eigenvalue weighted by molar-refractivity contribution is 5.76. The van der Waals surface area contributed by atoms with Crippen LogP contribution in [-0.4, -0.2) is 140 Å². The van der Waals surface area contributed by atoms with Gasteiger partial charge in [0.2, 0.25) is 5.91 Å². The molecule has 2 aliphatic heterocycles. The van der Waals surface area contributed by atoms with Crippen LogP contribution in [0.2, 0.25) is 0 Å². The molecule has 12 unspecified atom stereocenters. The van der Waals surface area contributed by atoms with E-state index in [2.05, 4.69) is 116 Å². The molecule has 2 rings (SSSR count). The second-order valence-corrected chi connectivity index (χ2v) is 22.2. The molecular weight excluding hydrogens is 1030 g/mol. The first-order valence-electron chi connectivity index (χ1n) is 32.0. The predicted octanol–water partition coefficient (Wildman–Crippen LogP) is 11.8. The van der Waals surface area contributed by atoms with Gasteiger partial charge in [0.25, 0.3) is 0 Å². The Kier molecular flexibility index (Phi) is 46.9. The van der Waals surface area contributed by atoms with E-state index >= 15 is 0 Å². The maximum Gasteiger partial charge on any atom is 0.220 e. The average Bonchev–Trinajstić information content (AvgIpc) is 3.46. The Morgan fingerprint density at radius 3 is 1.31 bits per heavy atom. The van der Waals surface area contributed by atoms with Gasteiger partial charge < -0.3 is 65.1 Å². The smallest absolute Gasteiger partial charge is 0.220 e. The standard InChI is InChI=1S/C67H115NO13/c1-3-5-7-9-11-13-15-17-18-19-20-21-22-23-24-25-26-27-28-29-30-31-32-33-34-35-36-37-38-39-41-43-45-47-49-51-59(72)68-55(56(71)50-48-46-44-42-40-16-14-12-10-8-6-4-2)54-78-66-64(77)62(75)65(58(53-70)80-66)81-67-63(76)61(74)60(73)57(52-69)79-67/h5,7,11,13,17-18,20-21,23-24,26-27,29-30,32-33,55-58,60-67,69-71,73-77H,3-4,6,8-10,12,14-16,19,22,25,28,31,34-54H2,1-2H3,(H,68,72)/b7-5-,13-11-,18-17-,21-20-,24-23-,27-26-,30-29-,33-32-. The van der Waals surface area contributed by atoms with Gasteiger partial charge in [-0.1, -0.05) is 239 Å². The maximum absolute atomic E-state index is 13.3. The van der Waals surface area contributed by atoms with Crippen molar-refractivity contribution in [1.82, 2.24) is 5.32 Å². The number of hydrogen-bond donors (Lipinski definition) is 9. The lowest BCUT2D eigenvalue weighted by atomic mass is 9.97. The minimum absolute atomic E-state index is 0.216. The van der Waals surface area contributed by atoms with Crippen LogP contribution in [0, 0.1) is 0 Å². The summed E-state index contributed by atoms with van der Waals surface area (Å²) >= 11 is 0. The molecule has 2 heterocycles. The van der Waals surface area contributed by atoms with Crippen LogP contribution < -0.4 is 5.32 Å². The largest absolute Gasteiger partial charge is 0.394 e. The maximum atomic E-state index is 13.3. The molecule has 2 fully saturated rings. The van der Waals surface area contributed by atoms with Crippen molar-refractivity contribution in [3.63, 3.8) is 0 Å². The van der Waals surface area contributed by atoms with Crippen molar-refractivity contribution in [2.24, 2.45) is 0 Å². The molecule has 466 valence electrons. The molecule has 0 bridgehead atoms. The number of allylic oxidation sites excluding steroid dienone is 16. The summed E-state index contributed by atoms with van der Waals surface area (Å²) in [5.74, 6) is -0.216. The first-order chi connectivity index (χ1) is 39.6. The van der Waals surface area contributed by atoms with E-state index in [1.807, 2.05) is 0 Å². The summed E-state index contributed by atoms with van der Waals surface area (Å²) in [4.78, 5) is 13.3. The van der Waals surface area contributed by atoms with E-state index in [1.54, 1.807) is 0 Å². The molecule has 9 N–H and O–H groups in total. The van der Waals surface area contributed by atoms with Crippen LogP contribution in [0.25, 0.3) is 0 Å². The molecule has 81 heavy (non-hydrogen) atoms. The highest BCUT2D eigenvalue weighted by Gasteiger charge is 2.51. The van der Waals surface area contributed by atoms with E-state index in [1.165, 1.54) is 89.9 Å². The first-order valence-corrected chi connectivity index (χ1v) is 32.0. The summed E-state index contributed by atoms with van der Waals surface area (Å²) in [5.41, 5.74) is 0. The van der Waals surface area contributed by atoms with Gasteiger partial charge in [0, 0.05) is 6.42 Å². The third-order valence-electron chi connectivity index (χ3n) is 15.1. The van der Waals surface area contributed by atoms with Crippen LogP contribution in [0.4, 0.5) is 0 Å². The van der Waals surface area contributed by atoms with Gasteiger partial charge in [-0.2, -0.15) is 0 Å². The van der Waals surface area contributed by atoms with Gasteiger partial charge >= 0.3 is 0 Å². The number of amides is 1. The summed E-state index contributed by atoms with van der Waals surface area (Å²) in [6.07, 6.45) is 54.2. The van der Waals surface area contributed by atoms with Gasteiger partial charge in [-0.15, -0.1) is 0 Å². The van der Waals surface area contributed by atoms with Crippen molar-refractivity contribution >= 4 is 5.91 Å². The SMILES string of the molecule is CC/C=C\C/C=C\C/C=C\C/C=C\C/C=C\C/C=C\C/C=C\C/C=C\CCCCCCCCCCCCC(=O)NC(COC1OC(CO)C(OC2OC(CO)C(O)C(O)C2O)C(O)C1O)C(O)CCCCCCCCCCCCCC. The van der Waals surface area contributed by atoms with Gasteiger partial charge in [0.05, 0.1) is 32.0 Å². The monoisotopic (exact) mass is 1140 g/mol. The third kappa shape index (κ3) is 36.4. The summed E-state index contributed by atoms with van der Waals surface area (Å²) in [6.45, 7) is 2.73. The van der Waals surface area contributed by atoms with Gasteiger partial charge in [0.1, 0.15) is 48.8 Å². The number of nitrogens with one attached hydrogen (secondary N) is 1. The van der Waals surface area contributed by atoms with Crippen molar-refractivity contribution in [2.75, 3.05) is 19.8 Å². The van der Waals surface area contributed by atoms with Crippen molar-refractivity contribution in [3.8, 4) is 0 Å². The fraction of sp³-hybridized carbons (Fsp3) is 0.746. The lowest BCUT2D eigenvalue weighted by Gasteiger charge is -2.46. The molecule has 12 atom stereocenters. The van der Waals surface area contributed by atoms with E-state index in [-0.39, 0.29) is 12.5 Å². The first kappa shape index (κ1) is 74.0. The number of carbonyl (C=O) groups excluding carboxylic acids is 1. The molecule has 0 aliphatic carbocycles. The molecule has 1 amide bonds. The fourth-order valence-electron chi connectivity index (χ4n) is 9.96. The van der Waals surface area contributed by atoms with Crippen LogP contribution >= 0.6 is 0 Å². The molecule has 0 aromatic rings. The minimum Gasteiger partial charge on any atom is -0.394 e. The molecule has 0 radical (unpaired) electrons. The fourth-order valence-corrected chi connectivity index (χ4v) is 9.96. The van der Waals surface area contributed by atoms with E-state index in [0.29, 0.717) is 19.3 Å². The molecule has 2 saturated heterocycles. The Balaban J connectivity index is 1.64. The van der Waals surface area contributed by atoms with Crippen LogP contribution in [0.1, 0.15) is 226 Å². The Morgan fingerprint density at radius 2 is 0.852 bits per heavy atom. The van der Waals surface area contributed by atoms with Crippen LogP contribution in [0.5, 0.6) is 0 Å². The number of hydrogen-bond acceptors (Lipinski definition) is 13.